The number of rotatable bonds is 0. The van der Waals surface area contributed by atoms with Gasteiger partial charge in [0.15, 0.2) is 11.7 Å². The smallest absolute Gasteiger partial charge is 0.334 e. The summed E-state index contributed by atoms with van der Waals surface area (Å²) in [6.07, 6.45) is 0. The van der Waals surface area contributed by atoms with Gasteiger partial charge in [-0.15, -0.1) is 0 Å². The van der Waals surface area contributed by atoms with E-state index in [1.165, 1.54) is 0 Å². The van der Waals surface area contributed by atoms with Gasteiger partial charge in [0.25, 0.3) is 0 Å². The van der Waals surface area contributed by atoms with Crippen LogP contribution >= 0.6 is 0 Å². The molecule has 6 nitrogen and oxygen atoms in total. The van der Waals surface area contributed by atoms with E-state index in [9.17, 15) is 0 Å². The van der Waals surface area contributed by atoms with E-state index in [0.29, 0.717) is 11.7 Å². The maximum atomic E-state index is 5.19. The van der Waals surface area contributed by atoms with E-state index in [4.69, 9.17) is 20.0 Å². The summed E-state index contributed by atoms with van der Waals surface area (Å²) < 4.78 is 4.45. The maximum Gasteiger partial charge on any atom is 0.386 e. The van der Waals surface area contributed by atoms with Crippen LogP contribution in [0, 0.1) is 0 Å². The summed E-state index contributed by atoms with van der Waals surface area (Å²) in [5.74, 6) is 3.23. The summed E-state index contributed by atoms with van der Waals surface area (Å²) >= 11 is 0. The number of hydrogen-bond acceptors (Lipinski definition) is 4. The molecule has 0 N–H and O–H groups in total. The molecule has 0 aliphatic carbocycles. The van der Waals surface area contributed by atoms with E-state index in [1.54, 1.807) is 0 Å². The summed E-state index contributed by atoms with van der Waals surface area (Å²) in [6.45, 7) is 2.16. The lowest BCUT2D eigenvalue weighted by Gasteiger charge is -2.20. The first-order valence-corrected chi connectivity index (χ1v) is 10.8. The predicted octanol–water partition coefficient (Wildman–Crippen LogP) is 3.85. The summed E-state index contributed by atoms with van der Waals surface area (Å²) in [7, 11) is 0. The summed E-state index contributed by atoms with van der Waals surface area (Å²) in [6, 6.07) is 24.9. The Hall–Kier alpha value is -4.26. The second-order valence-electron chi connectivity index (χ2n) is 8.40. The zero-order valence-corrected chi connectivity index (χ0v) is 17.2. The third-order valence-corrected chi connectivity index (χ3v) is 6.73. The third kappa shape index (κ3) is 1.83. The van der Waals surface area contributed by atoms with Crippen molar-refractivity contribution in [1.82, 2.24) is 8.96 Å². The Labute approximate surface area is 182 Å². The maximum absolute atomic E-state index is 5.19. The average Bonchev–Trinajstić information content (AvgIpc) is 3.45. The van der Waals surface area contributed by atoms with Crippen LogP contribution in [0.15, 0.2) is 92.8 Å². The molecule has 2 aromatic heterocycles. The SMILES string of the molecule is CB1n2c3c4ccccc4c2N=c2c4ccccc4c(n21)=NC1=NC(=N3)c2ccccc21. The van der Waals surface area contributed by atoms with Crippen molar-refractivity contribution in [1.29, 1.82) is 0 Å². The molecule has 3 aliphatic rings. The normalized spacial score (nSPS) is 15.2. The van der Waals surface area contributed by atoms with Crippen molar-refractivity contribution in [2.75, 3.05) is 0 Å². The van der Waals surface area contributed by atoms with E-state index in [2.05, 4.69) is 76.4 Å². The Balaban J connectivity index is 1.69. The van der Waals surface area contributed by atoms with Crippen molar-refractivity contribution in [2.45, 2.75) is 6.82 Å². The van der Waals surface area contributed by atoms with Gasteiger partial charge in [0, 0.05) is 32.7 Å². The van der Waals surface area contributed by atoms with E-state index < -0.39 is 0 Å². The number of hydrogen-bond donors (Lipinski definition) is 0. The van der Waals surface area contributed by atoms with Gasteiger partial charge in [0.05, 0.1) is 0 Å². The predicted molar refractivity (Wildman–Crippen MR) is 127 cm³/mol. The van der Waals surface area contributed by atoms with Gasteiger partial charge in [0.2, 0.25) is 0 Å². The lowest BCUT2D eigenvalue weighted by atomic mass is 9.78. The first-order valence-electron chi connectivity index (χ1n) is 10.8. The number of fused-ring (bicyclic) bond motifs is 10. The van der Waals surface area contributed by atoms with E-state index in [0.717, 1.165) is 55.3 Å². The number of aromatic nitrogens is 2. The van der Waals surface area contributed by atoms with Crippen LogP contribution in [0.2, 0.25) is 6.82 Å². The second-order valence-corrected chi connectivity index (χ2v) is 8.40. The molecule has 8 rings (SSSR count). The minimum Gasteiger partial charge on any atom is -0.334 e. The van der Waals surface area contributed by atoms with Crippen LogP contribution in [-0.4, -0.2) is 27.6 Å². The van der Waals surface area contributed by atoms with Crippen molar-refractivity contribution in [3.05, 3.63) is 94.9 Å². The van der Waals surface area contributed by atoms with Gasteiger partial charge in [-0.05, 0) is 6.82 Å². The van der Waals surface area contributed by atoms with Crippen LogP contribution in [0.5, 0.6) is 0 Å². The van der Waals surface area contributed by atoms with Gasteiger partial charge >= 0.3 is 6.98 Å². The van der Waals surface area contributed by atoms with Crippen molar-refractivity contribution in [3.8, 4) is 0 Å². The fourth-order valence-corrected chi connectivity index (χ4v) is 5.31. The highest BCUT2D eigenvalue weighted by atomic mass is 15.2. The van der Waals surface area contributed by atoms with E-state index in [1.807, 2.05) is 12.1 Å². The summed E-state index contributed by atoms with van der Waals surface area (Å²) in [5.41, 5.74) is 3.85. The number of nitrogens with zero attached hydrogens (tertiary/aromatic N) is 6. The van der Waals surface area contributed by atoms with Crippen LogP contribution in [0.3, 0.4) is 0 Å². The van der Waals surface area contributed by atoms with Gasteiger partial charge in [-0.1, -0.05) is 72.8 Å². The summed E-state index contributed by atoms with van der Waals surface area (Å²) in [5, 5.41) is 4.37. The molecule has 0 spiro atoms. The third-order valence-electron chi connectivity index (χ3n) is 6.73. The number of aliphatic imine (C=N–C) groups is 2. The topological polar surface area (TPSA) is 59.3 Å². The molecule has 0 saturated heterocycles. The monoisotopic (exact) mass is 410 g/mol. The quantitative estimate of drug-likeness (QED) is 0.349. The molecular weight excluding hydrogens is 395 g/mol. The van der Waals surface area contributed by atoms with Gasteiger partial charge < -0.3 is 8.96 Å². The number of amidine groups is 2. The van der Waals surface area contributed by atoms with Gasteiger partial charge in [0.1, 0.15) is 22.6 Å². The van der Waals surface area contributed by atoms with Gasteiger partial charge in [-0.25, -0.2) is 20.0 Å². The zero-order valence-electron chi connectivity index (χ0n) is 17.2. The molecule has 5 aromatic rings. The molecule has 0 fully saturated rings. The molecule has 32 heavy (non-hydrogen) atoms. The number of benzene rings is 3. The fourth-order valence-electron chi connectivity index (χ4n) is 5.31. The lowest BCUT2D eigenvalue weighted by Crippen LogP contribution is -2.46. The largest absolute Gasteiger partial charge is 0.386 e. The van der Waals surface area contributed by atoms with Crippen LogP contribution in [0.1, 0.15) is 11.1 Å². The first-order chi connectivity index (χ1) is 15.8. The molecule has 3 aromatic carbocycles. The molecule has 0 atom stereocenters. The minimum atomic E-state index is -0.0309. The van der Waals surface area contributed by atoms with Crippen molar-refractivity contribution in [3.63, 3.8) is 0 Å². The van der Waals surface area contributed by atoms with Crippen LogP contribution in [-0.2, 0) is 0 Å². The molecule has 0 amide bonds. The average molecular weight is 410 g/mol. The Kier molecular flexibility index (Phi) is 2.83. The molecule has 0 radical (unpaired) electrons. The highest BCUT2D eigenvalue weighted by Gasteiger charge is 2.33. The van der Waals surface area contributed by atoms with Gasteiger partial charge in [-0.2, -0.15) is 0 Å². The summed E-state index contributed by atoms with van der Waals surface area (Å²) in [4.78, 5) is 20.3. The molecule has 4 bridgehead atoms. The molecule has 5 heterocycles. The Morgan fingerprint density at radius 2 is 1.03 bits per heavy atom. The highest BCUT2D eigenvalue weighted by molar-refractivity contribution is 6.56. The van der Waals surface area contributed by atoms with Crippen LogP contribution in [0.25, 0.3) is 21.5 Å². The molecular formula is C25H15BN6. The highest BCUT2D eigenvalue weighted by Crippen LogP contribution is 2.40. The van der Waals surface area contributed by atoms with Crippen LogP contribution < -0.4 is 11.0 Å². The molecule has 3 aliphatic heterocycles. The van der Waals surface area contributed by atoms with E-state index in [-0.39, 0.29) is 6.98 Å². The molecule has 0 saturated carbocycles. The van der Waals surface area contributed by atoms with Crippen molar-refractivity contribution < 1.29 is 0 Å². The van der Waals surface area contributed by atoms with Crippen molar-refractivity contribution >= 4 is 51.8 Å². The van der Waals surface area contributed by atoms with Gasteiger partial charge in [-0.3, -0.25) is 0 Å². The Bertz CT molecular complexity index is 1850. The molecule has 148 valence electrons. The van der Waals surface area contributed by atoms with Crippen LogP contribution in [0.4, 0.5) is 11.6 Å². The Morgan fingerprint density at radius 1 is 0.531 bits per heavy atom. The second kappa shape index (κ2) is 5.51. The molecule has 7 heteroatoms. The zero-order chi connectivity index (χ0) is 21.0. The standard InChI is InChI=1S/C25H15BN6/c1-26-31-22-16-10-4-6-12-18(16)24(31)30-25-19-13-7-5-11-17(19)23(32(25)26)29-21-15-9-3-2-8-14(15)20(27-21)28-22/h2-13H,1H3. The van der Waals surface area contributed by atoms with Crippen molar-refractivity contribution in [2.24, 2.45) is 20.0 Å². The fraction of sp³-hybridized carbons (Fsp3) is 0.0400. The Morgan fingerprint density at radius 3 is 1.69 bits per heavy atom. The van der Waals surface area contributed by atoms with E-state index >= 15 is 0 Å². The minimum absolute atomic E-state index is 0.0309. The molecule has 0 unspecified atom stereocenters. The lowest BCUT2D eigenvalue weighted by molar-refractivity contribution is 0.920. The first kappa shape index (κ1) is 16.4.